The van der Waals surface area contributed by atoms with Crippen LogP contribution in [0.4, 0.5) is 0 Å². The third kappa shape index (κ3) is 2.46. The summed E-state index contributed by atoms with van der Waals surface area (Å²) < 4.78 is 0. The van der Waals surface area contributed by atoms with Crippen molar-refractivity contribution >= 4 is 29.2 Å². The van der Waals surface area contributed by atoms with Gasteiger partial charge < -0.3 is 10.6 Å². The number of nitrogens with zero attached hydrogens (tertiary/aromatic N) is 2. The highest BCUT2D eigenvalue weighted by atomic mass is 35.5. The Morgan fingerprint density at radius 1 is 1.23 bits per heavy atom. The van der Waals surface area contributed by atoms with E-state index in [0.29, 0.717) is 11.8 Å². The molecule has 1 amide bonds. The zero-order valence-electron chi connectivity index (χ0n) is 12.3. The number of carbonyl (C=O) groups is 1. The van der Waals surface area contributed by atoms with Gasteiger partial charge in [-0.05, 0) is 48.9 Å². The van der Waals surface area contributed by atoms with Gasteiger partial charge in [0, 0.05) is 36.3 Å². The largest absolute Gasteiger partial charge is 0.338 e. The minimum Gasteiger partial charge on any atom is -0.338 e. The highest BCUT2D eigenvalue weighted by molar-refractivity contribution is 5.98. The van der Waals surface area contributed by atoms with Crippen LogP contribution in [0, 0.1) is 11.8 Å². The fourth-order valence-electron chi connectivity index (χ4n) is 3.86. The van der Waals surface area contributed by atoms with Crippen molar-refractivity contribution in [2.75, 3.05) is 13.1 Å². The first-order chi connectivity index (χ1) is 10.2. The fraction of sp³-hybridized carbons (Fsp3) is 0.412. The fourth-order valence-corrected chi connectivity index (χ4v) is 3.86. The molecule has 3 unspecified atom stereocenters. The summed E-state index contributed by atoms with van der Waals surface area (Å²) in [5, 5.41) is 1.01. The van der Waals surface area contributed by atoms with Crippen molar-refractivity contribution in [1.82, 2.24) is 9.88 Å². The molecule has 0 spiro atoms. The van der Waals surface area contributed by atoms with Crippen LogP contribution >= 0.6 is 12.4 Å². The van der Waals surface area contributed by atoms with E-state index in [0.717, 1.165) is 42.4 Å². The summed E-state index contributed by atoms with van der Waals surface area (Å²) >= 11 is 0. The maximum Gasteiger partial charge on any atom is 0.253 e. The molecule has 4 nitrogen and oxygen atoms in total. The van der Waals surface area contributed by atoms with E-state index < -0.39 is 0 Å². The van der Waals surface area contributed by atoms with Crippen LogP contribution in [-0.2, 0) is 0 Å². The summed E-state index contributed by atoms with van der Waals surface area (Å²) in [6.45, 7) is 1.68. The highest BCUT2D eigenvalue weighted by Crippen LogP contribution is 2.37. The molecule has 2 N–H and O–H groups in total. The first-order valence-electron chi connectivity index (χ1n) is 7.62. The predicted molar refractivity (Wildman–Crippen MR) is 89.1 cm³/mol. The maximum atomic E-state index is 12.7. The monoisotopic (exact) mass is 317 g/mol. The number of fused-ring (bicyclic) bond motifs is 2. The van der Waals surface area contributed by atoms with Gasteiger partial charge in [-0.1, -0.05) is 6.07 Å². The van der Waals surface area contributed by atoms with E-state index in [1.54, 1.807) is 6.20 Å². The Morgan fingerprint density at radius 2 is 2.09 bits per heavy atom. The molecule has 2 fully saturated rings. The van der Waals surface area contributed by atoms with Crippen LogP contribution in [0.3, 0.4) is 0 Å². The van der Waals surface area contributed by atoms with Crippen LogP contribution in [0.1, 0.15) is 23.2 Å². The molecule has 3 atom stereocenters. The number of rotatable bonds is 1. The molecule has 1 aromatic heterocycles. The van der Waals surface area contributed by atoms with Gasteiger partial charge in [-0.25, -0.2) is 0 Å². The lowest BCUT2D eigenvalue weighted by molar-refractivity contribution is 0.0780. The van der Waals surface area contributed by atoms with E-state index in [9.17, 15) is 4.79 Å². The van der Waals surface area contributed by atoms with Gasteiger partial charge in [-0.15, -0.1) is 12.4 Å². The summed E-state index contributed by atoms with van der Waals surface area (Å²) in [5.74, 6) is 1.23. The van der Waals surface area contributed by atoms with Crippen molar-refractivity contribution in [1.29, 1.82) is 0 Å². The molecule has 1 saturated carbocycles. The minimum atomic E-state index is 0. The molecule has 116 valence electrons. The van der Waals surface area contributed by atoms with Gasteiger partial charge in [-0.2, -0.15) is 0 Å². The maximum absolute atomic E-state index is 12.7. The summed E-state index contributed by atoms with van der Waals surface area (Å²) in [6.07, 6.45) is 4.04. The van der Waals surface area contributed by atoms with Crippen molar-refractivity contribution in [3.63, 3.8) is 0 Å². The quantitative estimate of drug-likeness (QED) is 0.879. The zero-order valence-corrected chi connectivity index (χ0v) is 13.1. The van der Waals surface area contributed by atoms with Crippen molar-refractivity contribution in [2.24, 2.45) is 17.6 Å². The Labute approximate surface area is 136 Å². The summed E-state index contributed by atoms with van der Waals surface area (Å²) in [7, 11) is 0. The number of likely N-dealkylation sites (tertiary alicyclic amines) is 1. The van der Waals surface area contributed by atoms with Crippen LogP contribution in [-0.4, -0.2) is 34.9 Å². The van der Waals surface area contributed by atoms with Crippen LogP contribution < -0.4 is 5.73 Å². The number of hydrogen-bond acceptors (Lipinski definition) is 3. The van der Waals surface area contributed by atoms with E-state index >= 15 is 0 Å². The molecular formula is C17H20ClN3O. The normalized spacial score (nSPS) is 26.8. The second-order valence-electron chi connectivity index (χ2n) is 6.29. The smallest absolute Gasteiger partial charge is 0.253 e. The molecule has 1 saturated heterocycles. The number of carbonyl (C=O) groups excluding carboxylic acids is 1. The predicted octanol–water partition coefficient (Wildman–Crippen LogP) is 2.47. The lowest BCUT2D eigenvalue weighted by atomic mass is 9.98. The number of hydrogen-bond donors (Lipinski definition) is 1. The molecule has 1 aliphatic heterocycles. The first kappa shape index (κ1) is 15.3. The number of amides is 1. The molecule has 2 aliphatic rings. The van der Waals surface area contributed by atoms with E-state index in [4.69, 9.17) is 5.73 Å². The van der Waals surface area contributed by atoms with Gasteiger partial charge in [-0.3, -0.25) is 9.78 Å². The molecule has 5 heteroatoms. The molecule has 4 rings (SSSR count). The van der Waals surface area contributed by atoms with Gasteiger partial charge >= 0.3 is 0 Å². The lowest BCUT2D eigenvalue weighted by Gasteiger charge is -2.19. The minimum absolute atomic E-state index is 0. The number of aromatic nitrogens is 1. The van der Waals surface area contributed by atoms with Crippen LogP contribution in [0.15, 0.2) is 36.5 Å². The van der Waals surface area contributed by atoms with Gasteiger partial charge in [0.1, 0.15) is 0 Å². The van der Waals surface area contributed by atoms with Gasteiger partial charge in [0.15, 0.2) is 0 Å². The van der Waals surface area contributed by atoms with E-state index in [-0.39, 0.29) is 24.4 Å². The molecule has 22 heavy (non-hydrogen) atoms. The van der Waals surface area contributed by atoms with E-state index in [2.05, 4.69) is 4.98 Å². The van der Waals surface area contributed by atoms with Gasteiger partial charge in [0.2, 0.25) is 0 Å². The molecule has 2 aromatic rings. The summed E-state index contributed by atoms with van der Waals surface area (Å²) in [5.41, 5.74) is 7.83. The molecule has 1 aromatic carbocycles. The topological polar surface area (TPSA) is 59.2 Å². The Bertz CT molecular complexity index is 705. The lowest BCUT2D eigenvalue weighted by Crippen LogP contribution is -2.33. The molecule has 2 heterocycles. The van der Waals surface area contributed by atoms with Crippen molar-refractivity contribution in [3.8, 4) is 0 Å². The van der Waals surface area contributed by atoms with E-state index in [1.165, 1.54) is 0 Å². The van der Waals surface area contributed by atoms with Crippen LogP contribution in [0.2, 0.25) is 0 Å². The van der Waals surface area contributed by atoms with Crippen molar-refractivity contribution in [3.05, 3.63) is 42.1 Å². The molecule has 1 aliphatic carbocycles. The van der Waals surface area contributed by atoms with E-state index in [1.807, 2.05) is 35.2 Å². The zero-order chi connectivity index (χ0) is 14.4. The number of halogens is 1. The first-order valence-corrected chi connectivity index (χ1v) is 7.62. The standard InChI is InChI=1S/C17H19N3O.ClH/c18-15-5-3-13-9-20(10-14(13)15)17(21)12-4-6-16-11(8-12)2-1-7-19-16;/h1-2,4,6-8,13-15H,3,5,9-10,18H2;1H. The highest BCUT2D eigenvalue weighted by Gasteiger charge is 2.42. The average molecular weight is 318 g/mol. The Hall–Kier alpha value is -1.65. The summed E-state index contributed by atoms with van der Waals surface area (Å²) in [4.78, 5) is 19.0. The summed E-state index contributed by atoms with van der Waals surface area (Å²) in [6, 6.07) is 9.91. The third-order valence-electron chi connectivity index (χ3n) is 5.05. The molecular weight excluding hydrogens is 298 g/mol. The average Bonchev–Trinajstić information content (AvgIpc) is 3.08. The molecule has 0 bridgehead atoms. The Kier molecular flexibility index (Phi) is 4.06. The van der Waals surface area contributed by atoms with Gasteiger partial charge in [0.25, 0.3) is 5.91 Å². The third-order valence-corrected chi connectivity index (χ3v) is 5.05. The van der Waals surface area contributed by atoms with Crippen molar-refractivity contribution < 1.29 is 4.79 Å². The second-order valence-corrected chi connectivity index (χ2v) is 6.29. The Morgan fingerprint density at radius 3 is 2.91 bits per heavy atom. The van der Waals surface area contributed by atoms with Crippen molar-refractivity contribution in [2.45, 2.75) is 18.9 Å². The second kappa shape index (κ2) is 5.86. The number of nitrogens with two attached hydrogens (primary N) is 1. The SMILES string of the molecule is Cl.NC1CCC2CN(C(=O)c3ccc4ncccc4c3)CC12. The molecule has 0 radical (unpaired) electrons. The van der Waals surface area contributed by atoms with Crippen LogP contribution in [0.25, 0.3) is 10.9 Å². The number of benzene rings is 1. The van der Waals surface area contributed by atoms with Gasteiger partial charge in [0.05, 0.1) is 5.52 Å². The Balaban J connectivity index is 0.00000144. The van der Waals surface area contributed by atoms with Crippen LogP contribution in [0.5, 0.6) is 0 Å². The number of pyridine rings is 1.